The first-order valence-electron chi connectivity index (χ1n) is 13.1. The van der Waals surface area contributed by atoms with E-state index in [1.165, 1.54) is 0 Å². The van der Waals surface area contributed by atoms with Crippen molar-refractivity contribution in [1.29, 1.82) is 0 Å². The molecule has 0 aromatic heterocycles. The molecule has 1 amide bonds. The second-order valence-electron chi connectivity index (χ2n) is 10.5. The molecular weight excluding hydrogens is 510 g/mol. The number of nitrogens with one attached hydrogen (secondary N) is 2. The van der Waals surface area contributed by atoms with Crippen LogP contribution in [-0.2, 0) is 11.2 Å². The van der Waals surface area contributed by atoms with Gasteiger partial charge in [0.25, 0.3) is 0 Å². The Labute approximate surface area is 235 Å². The summed E-state index contributed by atoms with van der Waals surface area (Å²) in [5.41, 5.74) is 5.04. The summed E-state index contributed by atoms with van der Waals surface area (Å²) in [5, 5.41) is 7.24. The minimum absolute atomic E-state index is 0.118. The van der Waals surface area contributed by atoms with Crippen molar-refractivity contribution in [2.24, 2.45) is 5.92 Å². The third-order valence-electron chi connectivity index (χ3n) is 7.78. The second kappa shape index (κ2) is 10.4. The van der Waals surface area contributed by atoms with Crippen LogP contribution in [0.5, 0.6) is 17.2 Å². The molecule has 2 bridgehead atoms. The summed E-state index contributed by atoms with van der Waals surface area (Å²) in [5.74, 6) is 1.42. The molecule has 2 aliphatic rings. The Hall–Kier alpha value is -3.78. The Bertz CT molecular complexity index is 1440. The lowest BCUT2D eigenvalue weighted by molar-refractivity contribution is -0.149. The molecule has 1 saturated heterocycles. The number of carbonyl (C=O) groups excluding carboxylic acids is 1. The maximum Gasteiger partial charge on any atom is 0.236 e. The Morgan fingerprint density at radius 3 is 2.46 bits per heavy atom. The maximum absolute atomic E-state index is 14.1. The molecule has 5 rings (SSSR count). The monoisotopic (exact) mass is 545 g/mol. The highest BCUT2D eigenvalue weighted by Gasteiger charge is 2.58. The van der Waals surface area contributed by atoms with Crippen LogP contribution >= 0.6 is 12.2 Å². The largest absolute Gasteiger partial charge is 0.493 e. The van der Waals surface area contributed by atoms with E-state index in [0.717, 1.165) is 39.3 Å². The van der Waals surface area contributed by atoms with Gasteiger partial charge in [0.1, 0.15) is 11.7 Å². The van der Waals surface area contributed by atoms with E-state index in [0.29, 0.717) is 29.6 Å². The summed E-state index contributed by atoms with van der Waals surface area (Å²) in [6.45, 7) is 8.59. The topological polar surface area (TPSA) is 72.1 Å². The van der Waals surface area contributed by atoms with Gasteiger partial charge in [0.2, 0.25) is 5.91 Å². The van der Waals surface area contributed by atoms with Crippen molar-refractivity contribution < 1.29 is 19.0 Å². The molecule has 1 fully saturated rings. The first kappa shape index (κ1) is 26.8. The molecule has 8 heteroatoms. The number of fused-ring (bicyclic) bond motifs is 4. The highest BCUT2D eigenvalue weighted by atomic mass is 32.1. The van der Waals surface area contributed by atoms with Gasteiger partial charge in [0.15, 0.2) is 22.3 Å². The van der Waals surface area contributed by atoms with Gasteiger partial charge >= 0.3 is 0 Å². The van der Waals surface area contributed by atoms with Crippen molar-refractivity contribution >= 4 is 28.9 Å². The zero-order valence-electron chi connectivity index (χ0n) is 23.3. The van der Waals surface area contributed by atoms with Crippen LogP contribution in [0, 0.1) is 26.7 Å². The van der Waals surface area contributed by atoms with Crippen LogP contribution in [0.2, 0.25) is 0 Å². The molecule has 204 valence electrons. The van der Waals surface area contributed by atoms with E-state index >= 15 is 0 Å². The van der Waals surface area contributed by atoms with Crippen LogP contribution in [0.3, 0.4) is 0 Å². The van der Waals surface area contributed by atoms with Gasteiger partial charge in [0, 0.05) is 17.8 Å². The van der Waals surface area contributed by atoms with Crippen molar-refractivity contribution in [1.82, 2.24) is 10.2 Å². The number of ether oxygens (including phenoxy) is 3. The smallest absolute Gasteiger partial charge is 0.236 e. The normalized spacial score (nSPS) is 21.4. The average molecular weight is 546 g/mol. The first-order chi connectivity index (χ1) is 18.6. The lowest BCUT2D eigenvalue weighted by Crippen LogP contribution is -2.71. The maximum atomic E-state index is 14.1. The third kappa shape index (κ3) is 4.89. The average Bonchev–Trinajstić information content (AvgIpc) is 2.90. The Kier molecular flexibility index (Phi) is 7.16. The summed E-state index contributed by atoms with van der Waals surface area (Å²) in [4.78, 5) is 16.1. The zero-order valence-corrected chi connectivity index (χ0v) is 24.1. The zero-order chi connectivity index (χ0) is 27.9. The molecule has 3 aromatic carbocycles. The Balaban J connectivity index is 1.49. The number of thiocarbonyl (C=S) groups is 1. The number of hydrogen-bond acceptors (Lipinski definition) is 5. The van der Waals surface area contributed by atoms with Gasteiger partial charge < -0.3 is 29.7 Å². The molecule has 0 radical (unpaired) electrons. The summed E-state index contributed by atoms with van der Waals surface area (Å²) in [6, 6.07) is 17.7. The highest BCUT2D eigenvalue weighted by Crippen LogP contribution is 2.49. The lowest BCUT2D eigenvalue weighted by Gasteiger charge is -2.56. The van der Waals surface area contributed by atoms with Crippen molar-refractivity contribution in [2.75, 3.05) is 26.1 Å². The number of aryl methyl sites for hydroxylation is 3. The number of hydrogen-bond donors (Lipinski definition) is 2. The minimum atomic E-state index is -1.01. The molecule has 2 aliphatic heterocycles. The fraction of sp³-hybridized carbons (Fsp3) is 0.355. The highest BCUT2D eigenvalue weighted by molar-refractivity contribution is 7.80. The number of methoxy groups -OCH3 is 2. The van der Waals surface area contributed by atoms with Crippen LogP contribution in [0.25, 0.3) is 0 Å². The summed E-state index contributed by atoms with van der Waals surface area (Å²) < 4.78 is 17.6. The number of rotatable bonds is 7. The Morgan fingerprint density at radius 2 is 1.74 bits per heavy atom. The summed E-state index contributed by atoms with van der Waals surface area (Å²) in [6.07, 6.45) is 0.665. The molecule has 39 heavy (non-hydrogen) atoms. The van der Waals surface area contributed by atoms with Crippen molar-refractivity contribution in [3.8, 4) is 17.2 Å². The van der Waals surface area contributed by atoms with Gasteiger partial charge in [-0.2, -0.15) is 0 Å². The van der Waals surface area contributed by atoms with Crippen LogP contribution < -0.4 is 24.8 Å². The van der Waals surface area contributed by atoms with Crippen LogP contribution in [0.4, 0.5) is 5.69 Å². The van der Waals surface area contributed by atoms with E-state index < -0.39 is 11.6 Å². The molecule has 0 saturated carbocycles. The fourth-order valence-corrected chi connectivity index (χ4v) is 6.13. The first-order valence-corrected chi connectivity index (χ1v) is 13.5. The van der Waals surface area contributed by atoms with E-state index in [-0.39, 0.29) is 11.9 Å². The van der Waals surface area contributed by atoms with Gasteiger partial charge in [0.05, 0.1) is 20.3 Å². The quantitative estimate of drug-likeness (QED) is 0.382. The standard InChI is InChI=1S/C31H35N3O4S/c1-18-7-10-23(20(3)15-18)32-29(35)27-28-22-16-19(2)8-11-24(22)38-31(27,4)34(30(39)33-28)14-13-21-9-12-25(36-5)26(17-21)37-6/h7-12,15-17,27-28H,13-14H2,1-6H3,(H,32,35)(H,33,39). The fourth-order valence-electron chi connectivity index (χ4n) is 5.73. The summed E-state index contributed by atoms with van der Waals surface area (Å²) in [7, 11) is 3.25. The lowest BCUT2D eigenvalue weighted by atomic mass is 9.78. The van der Waals surface area contributed by atoms with E-state index in [2.05, 4.69) is 22.8 Å². The van der Waals surface area contributed by atoms with E-state index in [1.54, 1.807) is 14.2 Å². The van der Waals surface area contributed by atoms with Crippen LogP contribution in [0.15, 0.2) is 54.6 Å². The molecular formula is C31H35N3O4S. The molecule has 3 aromatic rings. The van der Waals surface area contributed by atoms with Crippen molar-refractivity contribution in [3.63, 3.8) is 0 Å². The second-order valence-corrected chi connectivity index (χ2v) is 10.9. The summed E-state index contributed by atoms with van der Waals surface area (Å²) >= 11 is 5.88. The van der Waals surface area contributed by atoms with E-state index in [9.17, 15) is 4.79 Å². The molecule has 0 spiro atoms. The number of nitrogens with zero attached hydrogens (tertiary/aromatic N) is 1. The number of benzene rings is 3. The van der Waals surface area contributed by atoms with Gasteiger partial charge in [-0.05, 0) is 81.7 Å². The molecule has 7 nitrogen and oxygen atoms in total. The molecule has 0 aliphatic carbocycles. The molecule has 2 N–H and O–H groups in total. The van der Waals surface area contributed by atoms with Crippen molar-refractivity contribution in [3.05, 3.63) is 82.4 Å². The molecule has 3 atom stereocenters. The van der Waals surface area contributed by atoms with Crippen molar-refractivity contribution in [2.45, 2.75) is 45.9 Å². The van der Waals surface area contributed by atoms with Gasteiger partial charge in [-0.3, -0.25) is 4.79 Å². The predicted molar refractivity (Wildman–Crippen MR) is 157 cm³/mol. The third-order valence-corrected chi connectivity index (χ3v) is 8.12. The Morgan fingerprint density at radius 1 is 1.03 bits per heavy atom. The van der Waals surface area contributed by atoms with Crippen LogP contribution in [0.1, 0.15) is 40.8 Å². The number of amides is 1. The van der Waals surface area contributed by atoms with Gasteiger partial charge in [-0.25, -0.2) is 0 Å². The van der Waals surface area contributed by atoms with Crippen LogP contribution in [-0.4, -0.2) is 42.4 Å². The number of carbonyl (C=O) groups is 1. The molecule has 2 heterocycles. The van der Waals surface area contributed by atoms with Gasteiger partial charge in [-0.1, -0.05) is 41.5 Å². The predicted octanol–water partition coefficient (Wildman–Crippen LogP) is 5.47. The minimum Gasteiger partial charge on any atom is -0.493 e. The SMILES string of the molecule is COc1ccc(CCN2C(=S)NC3c4cc(C)ccc4OC2(C)C3C(=O)Nc2ccc(C)cc2C)cc1OC. The van der Waals surface area contributed by atoms with E-state index in [4.69, 9.17) is 26.4 Å². The molecule has 3 unspecified atom stereocenters. The van der Waals surface area contributed by atoms with E-state index in [1.807, 2.05) is 75.1 Å². The van der Waals surface area contributed by atoms with Gasteiger partial charge in [-0.15, -0.1) is 0 Å². The number of anilines is 1.